The Morgan fingerprint density at radius 1 is 1.30 bits per heavy atom. The number of benzene rings is 2. The van der Waals surface area contributed by atoms with E-state index in [0.717, 1.165) is 35.0 Å². The molecule has 3 aromatic rings. The number of aromatic nitrogens is 2. The zero-order valence-corrected chi connectivity index (χ0v) is 16.7. The molecule has 1 fully saturated rings. The summed E-state index contributed by atoms with van der Waals surface area (Å²) >= 11 is 0. The number of anilines is 2. The molecule has 0 spiro atoms. The number of fused-ring (bicyclic) bond motifs is 1. The molecule has 1 aliphatic rings. The first-order valence-corrected chi connectivity index (χ1v) is 9.90. The van der Waals surface area contributed by atoms with Gasteiger partial charge in [-0.05, 0) is 55.7 Å². The Hall–Kier alpha value is -3.39. The molecular weight excluding hydrogens is 384 g/mol. The van der Waals surface area contributed by atoms with Crippen LogP contribution >= 0.6 is 0 Å². The van der Waals surface area contributed by atoms with Crippen molar-refractivity contribution in [2.75, 3.05) is 25.1 Å². The number of aliphatic hydroxyl groups excluding tert-OH is 1. The Bertz CT molecular complexity index is 1070. The van der Waals surface area contributed by atoms with Gasteiger partial charge in [-0.1, -0.05) is 6.07 Å². The number of carbonyl (C=O) groups is 1. The third-order valence-electron chi connectivity index (χ3n) is 5.35. The van der Waals surface area contributed by atoms with Gasteiger partial charge in [-0.3, -0.25) is 4.79 Å². The van der Waals surface area contributed by atoms with Crippen molar-refractivity contribution in [3.05, 3.63) is 48.3 Å². The van der Waals surface area contributed by atoms with Crippen molar-refractivity contribution in [2.24, 2.45) is 0 Å². The molecule has 0 radical (unpaired) electrons. The predicted octanol–water partition coefficient (Wildman–Crippen LogP) is 2.75. The molecule has 3 N–H and O–H groups in total. The first-order valence-electron chi connectivity index (χ1n) is 9.90. The van der Waals surface area contributed by atoms with Crippen molar-refractivity contribution in [3.8, 4) is 11.5 Å². The molecule has 1 aromatic heterocycles. The minimum atomic E-state index is -0.487. The van der Waals surface area contributed by atoms with Crippen molar-refractivity contribution in [3.63, 3.8) is 0 Å². The second-order valence-corrected chi connectivity index (χ2v) is 7.35. The lowest BCUT2D eigenvalue weighted by atomic mass is 10.1. The summed E-state index contributed by atoms with van der Waals surface area (Å²) in [6.45, 7) is 2.31. The van der Waals surface area contributed by atoms with E-state index >= 15 is 0 Å². The minimum Gasteiger partial charge on any atom is -0.508 e. The smallest absolute Gasteiger partial charge is 0.248 e. The molecule has 2 heterocycles. The molecule has 1 amide bonds. The number of likely N-dealkylation sites (tertiary alicyclic amines) is 1. The molecular formula is C22H24N4O4. The number of phenolic OH excluding ortho intramolecular Hbond substituents is 1. The molecule has 1 aliphatic heterocycles. The maximum Gasteiger partial charge on any atom is 0.248 e. The van der Waals surface area contributed by atoms with Gasteiger partial charge in [0.1, 0.15) is 36.9 Å². The maximum atomic E-state index is 11.9. The number of hydrogen-bond acceptors (Lipinski definition) is 7. The van der Waals surface area contributed by atoms with E-state index in [9.17, 15) is 15.0 Å². The van der Waals surface area contributed by atoms with Crippen molar-refractivity contribution in [2.45, 2.75) is 25.8 Å². The zero-order valence-electron chi connectivity index (χ0n) is 16.7. The van der Waals surface area contributed by atoms with Crippen LogP contribution in [0.2, 0.25) is 0 Å². The van der Waals surface area contributed by atoms with Crippen LogP contribution in [0.4, 0.5) is 11.5 Å². The van der Waals surface area contributed by atoms with Crippen LogP contribution in [0.1, 0.15) is 18.4 Å². The SMILES string of the molecule is Cc1cc(Nc2ncnc3cccc(OC[C@@H]4CCCN4C(=O)CO)c23)ccc1O. The first kappa shape index (κ1) is 19.9. The molecule has 0 unspecified atom stereocenters. The number of ether oxygens (including phenoxy) is 1. The van der Waals surface area contributed by atoms with Crippen LogP contribution in [0.5, 0.6) is 11.5 Å². The highest BCUT2D eigenvalue weighted by Crippen LogP contribution is 2.33. The van der Waals surface area contributed by atoms with Crippen molar-refractivity contribution < 1.29 is 19.7 Å². The van der Waals surface area contributed by atoms with E-state index in [1.807, 2.05) is 31.2 Å². The molecule has 156 valence electrons. The number of nitrogens with one attached hydrogen (secondary N) is 1. The van der Waals surface area contributed by atoms with E-state index in [0.29, 0.717) is 24.7 Å². The Morgan fingerprint density at radius 2 is 2.17 bits per heavy atom. The normalized spacial score (nSPS) is 16.1. The lowest BCUT2D eigenvalue weighted by Crippen LogP contribution is -2.40. The van der Waals surface area contributed by atoms with Crippen LogP contribution in [0.3, 0.4) is 0 Å². The highest BCUT2D eigenvalue weighted by Gasteiger charge is 2.29. The summed E-state index contributed by atoms with van der Waals surface area (Å²) in [5.74, 6) is 1.17. The van der Waals surface area contributed by atoms with Gasteiger partial charge in [0.15, 0.2) is 0 Å². The summed E-state index contributed by atoms with van der Waals surface area (Å²) in [6, 6.07) is 10.8. The number of aromatic hydroxyl groups is 1. The Labute approximate surface area is 174 Å². The maximum absolute atomic E-state index is 11.9. The topological polar surface area (TPSA) is 108 Å². The number of carbonyl (C=O) groups excluding carboxylic acids is 1. The summed E-state index contributed by atoms with van der Waals surface area (Å²) < 4.78 is 6.11. The van der Waals surface area contributed by atoms with Crippen LogP contribution in [0.25, 0.3) is 10.9 Å². The number of nitrogens with zero attached hydrogens (tertiary/aromatic N) is 3. The predicted molar refractivity (Wildman–Crippen MR) is 113 cm³/mol. The number of amides is 1. The van der Waals surface area contributed by atoms with Gasteiger partial charge < -0.3 is 25.2 Å². The molecule has 1 saturated heterocycles. The number of aryl methyl sites for hydroxylation is 1. The van der Waals surface area contributed by atoms with Crippen molar-refractivity contribution in [1.29, 1.82) is 0 Å². The largest absolute Gasteiger partial charge is 0.508 e. The molecule has 0 bridgehead atoms. The second kappa shape index (κ2) is 8.54. The summed E-state index contributed by atoms with van der Waals surface area (Å²) in [6.07, 6.45) is 3.22. The fourth-order valence-corrected chi connectivity index (χ4v) is 3.78. The lowest BCUT2D eigenvalue weighted by Gasteiger charge is -2.24. The number of hydrogen-bond donors (Lipinski definition) is 3. The van der Waals surface area contributed by atoms with E-state index in [1.165, 1.54) is 6.33 Å². The van der Waals surface area contributed by atoms with Crippen LogP contribution in [0, 0.1) is 6.92 Å². The van der Waals surface area contributed by atoms with Crippen LogP contribution in [-0.2, 0) is 4.79 Å². The van der Waals surface area contributed by atoms with Gasteiger partial charge >= 0.3 is 0 Å². The minimum absolute atomic E-state index is 0.0688. The summed E-state index contributed by atoms with van der Waals surface area (Å²) in [5, 5.41) is 23.0. The molecule has 0 aliphatic carbocycles. The van der Waals surface area contributed by atoms with Crippen molar-refractivity contribution >= 4 is 28.3 Å². The number of aliphatic hydroxyl groups is 1. The monoisotopic (exact) mass is 408 g/mol. The first-order chi connectivity index (χ1) is 14.6. The van der Waals surface area contributed by atoms with Crippen LogP contribution < -0.4 is 10.1 Å². The Kier molecular flexibility index (Phi) is 5.67. The highest BCUT2D eigenvalue weighted by atomic mass is 16.5. The zero-order chi connectivity index (χ0) is 21.1. The molecule has 30 heavy (non-hydrogen) atoms. The second-order valence-electron chi connectivity index (χ2n) is 7.35. The van der Waals surface area contributed by atoms with Gasteiger partial charge in [0.25, 0.3) is 0 Å². The molecule has 4 rings (SSSR count). The van der Waals surface area contributed by atoms with Gasteiger partial charge in [-0.25, -0.2) is 9.97 Å². The van der Waals surface area contributed by atoms with Crippen LogP contribution in [-0.4, -0.2) is 56.8 Å². The quantitative estimate of drug-likeness (QED) is 0.538. The average molecular weight is 408 g/mol. The average Bonchev–Trinajstić information content (AvgIpc) is 3.23. The molecule has 2 aromatic carbocycles. The van der Waals surface area contributed by atoms with E-state index in [2.05, 4.69) is 15.3 Å². The van der Waals surface area contributed by atoms with Gasteiger partial charge in [0.05, 0.1) is 16.9 Å². The van der Waals surface area contributed by atoms with Gasteiger partial charge in [-0.2, -0.15) is 0 Å². The van der Waals surface area contributed by atoms with Crippen LogP contribution in [0.15, 0.2) is 42.7 Å². The Balaban J connectivity index is 1.61. The van der Waals surface area contributed by atoms with Gasteiger partial charge in [0, 0.05) is 12.2 Å². The van der Waals surface area contributed by atoms with Gasteiger partial charge in [-0.15, -0.1) is 0 Å². The fraction of sp³-hybridized carbons (Fsp3) is 0.318. The van der Waals surface area contributed by atoms with E-state index in [1.54, 1.807) is 17.0 Å². The number of rotatable bonds is 6. The van der Waals surface area contributed by atoms with Gasteiger partial charge in [0.2, 0.25) is 5.91 Å². The van der Waals surface area contributed by atoms with E-state index < -0.39 is 6.61 Å². The lowest BCUT2D eigenvalue weighted by molar-refractivity contribution is -0.135. The van der Waals surface area contributed by atoms with Crippen molar-refractivity contribution in [1.82, 2.24) is 14.9 Å². The molecule has 8 nitrogen and oxygen atoms in total. The third kappa shape index (κ3) is 3.99. The molecule has 0 saturated carbocycles. The summed E-state index contributed by atoms with van der Waals surface area (Å²) in [7, 11) is 0. The third-order valence-corrected chi connectivity index (χ3v) is 5.35. The highest BCUT2D eigenvalue weighted by molar-refractivity contribution is 5.95. The summed E-state index contributed by atoms with van der Waals surface area (Å²) in [5.41, 5.74) is 2.27. The molecule has 8 heteroatoms. The van der Waals surface area contributed by atoms with E-state index in [-0.39, 0.29) is 17.7 Å². The molecule has 1 atom stereocenters. The van der Waals surface area contributed by atoms with E-state index in [4.69, 9.17) is 4.74 Å². The fourth-order valence-electron chi connectivity index (χ4n) is 3.78. The summed E-state index contributed by atoms with van der Waals surface area (Å²) in [4.78, 5) is 22.3. The standard InChI is InChI=1S/C22H24N4O4/c1-14-10-15(7-8-18(14)28)25-22-21-17(23-13-24-22)5-2-6-19(21)30-12-16-4-3-9-26(16)20(29)11-27/h2,5-8,10,13,16,27-28H,3-4,9,11-12H2,1H3,(H,23,24,25)/t16-/m0/s1. The Morgan fingerprint density at radius 3 is 2.97 bits per heavy atom. The number of phenols is 1.